The van der Waals surface area contributed by atoms with Crippen molar-refractivity contribution in [3.05, 3.63) is 34.8 Å². The third-order valence-corrected chi connectivity index (χ3v) is 3.91. The van der Waals surface area contributed by atoms with Crippen LogP contribution in [0.3, 0.4) is 0 Å². The molecule has 0 aromatic heterocycles. The fourth-order valence-electron chi connectivity index (χ4n) is 1.99. The van der Waals surface area contributed by atoms with Gasteiger partial charge in [-0.25, -0.2) is 4.79 Å². The molecule has 0 aromatic rings. The van der Waals surface area contributed by atoms with E-state index in [9.17, 15) is 4.79 Å². The third-order valence-electron chi connectivity index (χ3n) is 3.91. The van der Waals surface area contributed by atoms with E-state index < -0.39 is 30.0 Å². The van der Waals surface area contributed by atoms with Crippen LogP contribution < -0.4 is 5.32 Å². The Labute approximate surface area is 138 Å². The summed E-state index contributed by atoms with van der Waals surface area (Å²) >= 11 is 0. The van der Waals surface area contributed by atoms with Gasteiger partial charge < -0.3 is 14.0 Å². The monoisotopic (exact) mass is 317 g/mol. The van der Waals surface area contributed by atoms with E-state index in [2.05, 4.69) is 16.8 Å². The van der Waals surface area contributed by atoms with Gasteiger partial charge in [0, 0.05) is 5.47 Å². The van der Waals surface area contributed by atoms with Gasteiger partial charge in [-0.3, -0.25) is 5.32 Å². The average molecular weight is 317 g/mol. The average Bonchev–Trinajstić information content (AvgIpc) is 2.56. The van der Waals surface area contributed by atoms with Crippen LogP contribution in [0, 0.1) is 0 Å². The van der Waals surface area contributed by atoms with Crippen LogP contribution in [-0.2, 0) is 14.0 Å². The van der Waals surface area contributed by atoms with Gasteiger partial charge in [0.2, 0.25) is 0 Å². The molecule has 2 rings (SSSR count). The lowest BCUT2D eigenvalue weighted by Crippen LogP contribution is -2.41. The summed E-state index contributed by atoms with van der Waals surface area (Å²) < 4.78 is 17.1. The molecule has 5 nitrogen and oxygen atoms in total. The van der Waals surface area contributed by atoms with Gasteiger partial charge in [-0.05, 0) is 60.3 Å². The number of allylic oxidation sites excluding steroid dienone is 3. The molecule has 0 atom stereocenters. The number of carbonyl (C=O) groups is 1. The predicted octanol–water partition coefficient (Wildman–Crippen LogP) is 3.28. The van der Waals surface area contributed by atoms with Gasteiger partial charge in [0.1, 0.15) is 5.60 Å². The normalized spacial score (nSPS) is 21.8. The second kappa shape index (κ2) is 5.74. The maximum atomic E-state index is 11.7. The Balaban J connectivity index is 2.11. The molecule has 0 bridgehead atoms. The summed E-state index contributed by atoms with van der Waals surface area (Å²) in [5.74, 6) is 0. The van der Waals surface area contributed by atoms with Crippen LogP contribution in [0.1, 0.15) is 48.5 Å². The number of amides is 1. The molecule has 0 saturated carbocycles. The Morgan fingerprint density at radius 2 is 1.70 bits per heavy atom. The van der Waals surface area contributed by atoms with E-state index in [0.29, 0.717) is 5.70 Å². The molecule has 1 amide bonds. The number of alkyl carbamates (subject to hydrolysis) is 1. The second-order valence-electron chi connectivity index (χ2n) is 7.67. The molecule has 1 saturated heterocycles. The van der Waals surface area contributed by atoms with Crippen molar-refractivity contribution in [2.45, 2.75) is 65.3 Å². The molecule has 0 radical (unpaired) electrons. The molecule has 124 valence electrons. The summed E-state index contributed by atoms with van der Waals surface area (Å²) in [5.41, 5.74) is 5.73. The van der Waals surface area contributed by atoms with Gasteiger partial charge in [-0.2, -0.15) is 0 Å². The number of rotatable bonds is 2. The summed E-state index contributed by atoms with van der Waals surface area (Å²) in [4.78, 5) is 11.7. The summed E-state index contributed by atoms with van der Waals surface area (Å²) in [6.07, 6.45) is 3.00. The third kappa shape index (κ3) is 4.18. The summed E-state index contributed by atoms with van der Waals surface area (Å²) in [6.45, 7) is 13.4. The maximum absolute atomic E-state index is 11.7. The van der Waals surface area contributed by atoms with E-state index in [1.54, 1.807) is 12.2 Å². The van der Waals surface area contributed by atoms with Gasteiger partial charge in [0.15, 0.2) is 0 Å². The molecular formula is C17H24BNO4. The molecule has 1 aliphatic heterocycles. The number of carbonyl (C=O) groups excluding carboxylic acids is 1. The summed E-state index contributed by atoms with van der Waals surface area (Å²) in [7, 11) is -0.494. The van der Waals surface area contributed by atoms with Gasteiger partial charge in [0.05, 0.1) is 16.9 Å². The molecule has 0 aromatic carbocycles. The molecule has 1 fully saturated rings. The van der Waals surface area contributed by atoms with Crippen molar-refractivity contribution < 1.29 is 18.8 Å². The zero-order chi connectivity index (χ0) is 17.5. The Bertz CT molecular complexity index is 626. The highest BCUT2D eigenvalue weighted by Gasteiger charge is 2.52. The van der Waals surface area contributed by atoms with E-state index in [0.717, 1.165) is 5.47 Å². The Morgan fingerprint density at radius 3 is 2.13 bits per heavy atom. The van der Waals surface area contributed by atoms with Crippen LogP contribution in [0.15, 0.2) is 34.8 Å². The van der Waals surface area contributed by atoms with Crippen molar-refractivity contribution in [2.24, 2.45) is 0 Å². The quantitative estimate of drug-likeness (QED) is 0.627. The van der Waals surface area contributed by atoms with E-state index in [1.807, 2.05) is 48.5 Å². The summed E-state index contributed by atoms with van der Waals surface area (Å²) in [5, 5.41) is 2.62. The number of nitrogens with one attached hydrogen (secondary N) is 1. The van der Waals surface area contributed by atoms with Crippen molar-refractivity contribution in [1.82, 2.24) is 5.32 Å². The van der Waals surface area contributed by atoms with Crippen LogP contribution in [0.5, 0.6) is 0 Å². The Hall–Kier alpha value is -1.71. The summed E-state index contributed by atoms with van der Waals surface area (Å²) in [6, 6.07) is 0. The highest BCUT2D eigenvalue weighted by molar-refractivity contribution is 6.55. The maximum Gasteiger partial charge on any atom is 0.503 e. The van der Waals surface area contributed by atoms with Gasteiger partial charge in [-0.15, -0.1) is 0 Å². The number of ether oxygens (including phenoxy) is 1. The smallest absolute Gasteiger partial charge is 0.444 e. The molecule has 0 unspecified atom stereocenters. The van der Waals surface area contributed by atoms with E-state index in [1.165, 1.54) is 0 Å². The SMILES string of the molecule is CC(C)(C)OC(=O)NC1=C=C=C(B2OC(C)(C)C(C)(C)O2)C=C1. The molecule has 1 heterocycles. The van der Waals surface area contributed by atoms with Crippen LogP contribution in [0.2, 0.25) is 0 Å². The predicted molar refractivity (Wildman–Crippen MR) is 88.6 cm³/mol. The van der Waals surface area contributed by atoms with Crippen LogP contribution in [-0.4, -0.2) is 30.0 Å². The molecule has 1 N–H and O–H groups in total. The van der Waals surface area contributed by atoms with Crippen molar-refractivity contribution >= 4 is 13.2 Å². The van der Waals surface area contributed by atoms with Crippen LogP contribution in [0.4, 0.5) is 4.79 Å². The molecule has 6 heteroatoms. The number of hydrogen-bond donors (Lipinski definition) is 1. The van der Waals surface area contributed by atoms with Crippen molar-refractivity contribution in [3.63, 3.8) is 0 Å². The minimum atomic E-state index is -0.545. The standard InChI is InChI=1S/C17H24BNO4/c1-15(2,3)21-14(20)19-13-10-8-12(9-11-13)18-22-16(4,5)17(6,7)23-18/h8,10H,1-7H3,(H,19,20). The fraction of sp³-hybridized carbons (Fsp3) is 0.588. The highest BCUT2D eigenvalue weighted by atomic mass is 16.7. The Morgan fingerprint density at radius 1 is 1.13 bits per heavy atom. The minimum Gasteiger partial charge on any atom is -0.444 e. The molecule has 1 aliphatic carbocycles. The molecule has 23 heavy (non-hydrogen) atoms. The lowest BCUT2D eigenvalue weighted by molar-refractivity contribution is 0.00578. The molecule has 0 spiro atoms. The van der Waals surface area contributed by atoms with E-state index >= 15 is 0 Å². The highest BCUT2D eigenvalue weighted by Crippen LogP contribution is 2.38. The van der Waals surface area contributed by atoms with Gasteiger partial charge >= 0.3 is 13.2 Å². The zero-order valence-corrected chi connectivity index (χ0v) is 14.9. The van der Waals surface area contributed by atoms with Crippen molar-refractivity contribution in [1.29, 1.82) is 0 Å². The lowest BCUT2D eigenvalue weighted by Gasteiger charge is -2.32. The second-order valence-corrected chi connectivity index (χ2v) is 7.67. The van der Waals surface area contributed by atoms with Crippen molar-refractivity contribution in [3.8, 4) is 0 Å². The van der Waals surface area contributed by atoms with Crippen LogP contribution >= 0.6 is 0 Å². The topological polar surface area (TPSA) is 56.8 Å². The zero-order valence-electron chi connectivity index (χ0n) is 14.9. The van der Waals surface area contributed by atoms with Crippen LogP contribution in [0.25, 0.3) is 0 Å². The minimum absolute atomic E-state index is 0.404. The first-order chi connectivity index (χ1) is 10.4. The van der Waals surface area contributed by atoms with Crippen molar-refractivity contribution in [2.75, 3.05) is 0 Å². The Kier molecular flexibility index (Phi) is 4.40. The first-order valence-corrected chi connectivity index (χ1v) is 7.69. The first-order valence-electron chi connectivity index (χ1n) is 7.69. The largest absolute Gasteiger partial charge is 0.503 e. The fourth-order valence-corrected chi connectivity index (χ4v) is 1.99. The lowest BCUT2D eigenvalue weighted by atomic mass is 9.78. The van der Waals surface area contributed by atoms with E-state index in [-0.39, 0.29) is 0 Å². The number of hydrogen-bond acceptors (Lipinski definition) is 4. The molecule has 2 aliphatic rings. The van der Waals surface area contributed by atoms with E-state index in [4.69, 9.17) is 14.0 Å². The molecular weight excluding hydrogens is 293 g/mol. The first kappa shape index (κ1) is 17.6. The van der Waals surface area contributed by atoms with Gasteiger partial charge in [0.25, 0.3) is 0 Å². The van der Waals surface area contributed by atoms with Gasteiger partial charge in [-0.1, -0.05) is 11.8 Å².